The normalized spacial score (nSPS) is 27.3. The smallest absolute Gasteiger partial charge is 0.118 e. The number of rotatable bonds is 6. The maximum absolute atomic E-state index is 11.9. The fourth-order valence-corrected chi connectivity index (χ4v) is 4.85. The Bertz CT molecular complexity index is 769. The van der Waals surface area contributed by atoms with Crippen LogP contribution in [0.1, 0.15) is 36.8 Å². The topological polar surface area (TPSA) is 43.1 Å². The van der Waals surface area contributed by atoms with Gasteiger partial charge < -0.3 is 14.4 Å². The third kappa shape index (κ3) is 4.58. The van der Waals surface area contributed by atoms with E-state index in [9.17, 15) is 5.11 Å². The molecule has 0 bridgehead atoms. The maximum atomic E-state index is 11.9. The van der Waals surface area contributed by atoms with Gasteiger partial charge in [0.2, 0.25) is 0 Å². The zero-order valence-corrected chi connectivity index (χ0v) is 17.9. The lowest BCUT2D eigenvalue weighted by atomic mass is 9.79. The summed E-state index contributed by atoms with van der Waals surface area (Å²) in [7, 11) is 2.18. The molecule has 0 aliphatic carbocycles. The molecule has 2 atom stereocenters. The molecule has 158 valence electrons. The number of piperidine rings is 1. The molecule has 1 N–H and O–H groups in total. The van der Waals surface area contributed by atoms with Crippen LogP contribution < -0.4 is 0 Å². The first-order chi connectivity index (χ1) is 14.1. The third-order valence-electron chi connectivity index (χ3n) is 6.64. The lowest BCUT2D eigenvalue weighted by Crippen LogP contribution is -2.63. The fourth-order valence-electron chi connectivity index (χ4n) is 4.85. The molecule has 0 spiro atoms. The van der Waals surface area contributed by atoms with Crippen molar-refractivity contribution < 1.29 is 9.52 Å². The molecule has 2 aliphatic heterocycles. The second kappa shape index (κ2) is 9.00. The molecule has 2 saturated heterocycles. The summed E-state index contributed by atoms with van der Waals surface area (Å²) < 4.78 is 6.03. The molecular formula is C24H35N3O2. The Morgan fingerprint density at radius 3 is 2.45 bits per heavy atom. The largest absolute Gasteiger partial charge is 0.465 e. The lowest BCUT2D eigenvalue weighted by molar-refractivity contribution is -0.109. The van der Waals surface area contributed by atoms with Crippen molar-refractivity contribution in [2.24, 2.45) is 0 Å². The van der Waals surface area contributed by atoms with E-state index in [4.69, 9.17) is 4.42 Å². The minimum absolute atomic E-state index is 0.0948. The van der Waals surface area contributed by atoms with E-state index >= 15 is 0 Å². The van der Waals surface area contributed by atoms with Crippen LogP contribution in [0.2, 0.25) is 0 Å². The van der Waals surface area contributed by atoms with E-state index in [1.807, 2.05) is 18.2 Å². The molecule has 29 heavy (non-hydrogen) atoms. The number of benzene rings is 1. The minimum atomic E-state index is -0.801. The van der Waals surface area contributed by atoms with Gasteiger partial charge in [-0.15, -0.1) is 0 Å². The van der Waals surface area contributed by atoms with Crippen molar-refractivity contribution in [1.29, 1.82) is 0 Å². The molecule has 4 rings (SSSR count). The molecule has 2 aliphatic rings. The highest BCUT2D eigenvalue weighted by molar-refractivity contribution is 5.26. The summed E-state index contributed by atoms with van der Waals surface area (Å²) in [5, 5.41) is 11.9. The van der Waals surface area contributed by atoms with Crippen molar-refractivity contribution in [3.63, 3.8) is 0 Å². The Morgan fingerprint density at radius 1 is 1.00 bits per heavy atom. The highest BCUT2D eigenvalue weighted by Crippen LogP contribution is 2.37. The number of likely N-dealkylation sites (tertiary alicyclic amines) is 1. The summed E-state index contributed by atoms with van der Waals surface area (Å²) in [6.07, 6.45) is 2.85. The van der Waals surface area contributed by atoms with Gasteiger partial charge in [0.15, 0.2) is 0 Å². The van der Waals surface area contributed by atoms with Gasteiger partial charge in [0.1, 0.15) is 17.1 Å². The van der Waals surface area contributed by atoms with Crippen LogP contribution in [0.3, 0.4) is 0 Å². The highest BCUT2D eigenvalue weighted by atomic mass is 16.3. The summed E-state index contributed by atoms with van der Waals surface area (Å²) in [4.78, 5) is 7.33. The zero-order chi connectivity index (χ0) is 20.3. The molecule has 5 nitrogen and oxygen atoms in total. The van der Waals surface area contributed by atoms with Crippen LogP contribution in [0.15, 0.2) is 46.9 Å². The molecule has 0 radical (unpaired) electrons. The Labute approximate surface area is 174 Å². The van der Waals surface area contributed by atoms with E-state index in [2.05, 4.69) is 52.9 Å². The number of aliphatic hydroxyl groups is 1. The van der Waals surface area contributed by atoms with Crippen LogP contribution in [-0.2, 0) is 18.6 Å². The molecule has 1 aromatic carbocycles. The number of hydrogen-bond acceptors (Lipinski definition) is 5. The van der Waals surface area contributed by atoms with Crippen molar-refractivity contribution in [3.8, 4) is 0 Å². The summed E-state index contributed by atoms with van der Waals surface area (Å²) in [5.74, 6) is 2.12. The van der Waals surface area contributed by atoms with Crippen LogP contribution in [-0.4, -0.2) is 72.2 Å². The molecule has 3 heterocycles. The first kappa shape index (κ1) is 20.6. The zero-order valence-electron chi connectivity index (χ0n) is 17.9. The second-order valence-electron chi connectivity index (χ2n) is 8.75. The predicted octanol–water partition coefficient (Wildman–Crippen LogP) is 2.94. The molecule has 2 aromatic rings. The fraction of sp³-hybridized carbons (Fsp3) is 0.583. The van der Waals surface area contributed by atoms with Gasteiger partial charge >= 0.3 is 0 Å². The van der Waals surface area contributed by atoms with Crippen molar-refractivity contribution >= 4 is 0 Å². The highest BCUT2D eigenvalue weighted by Gasteiger charge is 2.46. The van der Waals surface area contributed by atoms with Crippen molar-refractivity contribution in [2.75, 3.05) is 46.3 Å². The number of piperazine rings is 1. The van der Waals surface area contributed by atoms with E-state index in [0.29, 0.717) is 0 Å². The standard InChI is InChI=1S/C24H35N3O2/c1-3-7-21-10-11-22(29-21)18-26-13-12-24(28,20-8-5-4-6-9-20)23(19-26)27-16-14-25(2)15-17-27/h4-6,8-11,23,28H,3,7,12-19H2,1-2H3/t23-,24+/m1/s1. The molecule has 0 unspecified atom stereocenters. The molecule has 5 heteroatoms. The van der Waals surface area contributed by atoms with Gasteiger partial charge in [-0.1, -0.05) is 37.3 Å². The lowest BCUT2D eigenvalue weighted by Gasteiger charge is -2.51. The number of likely N-dealkylation sites (N-methyl/N-ethyl adjacent to an activating group) is 1. The molecule has 0 amide bonds. The summed E-state index contributed by atoms with van der Waals surface area (Å²) in [6.45, 7) is 8.85. The first-order valence-corrected chi connectivity index (χ1v) is 11.1. The average Bonchev–Trinajstić information content (AvgIpc) is 3.18. The number of hydrogen-bond donors (Lipinski definition) is 1. The van der Waals surface area contributed by atoms with Gasteiger partial charge in [-0.2, -0.15) is 0 Å². The summed E-state index contributed by atoms with van der Waals surface area (Å²) >= 11 is 0. The monoisotopic (exact) mass is 397 g/mol. The van der Waals surface area contributed by atoms with E-state index in [1.54, 1.807) is 0 Å². The van der Waals surface area contributed by atoms with Gasteiger partial charge in [-0.3, -0.25) is 9.80 Å². The van der Waals surface area contributed by atoms with Crippen LogP contribution in [0, 0.1) is 0 Å². The Hall–Kier alpha value is -1.66. The third-order valence-corrected chi connectivity index (χ3v) is 6.64. The van der Waals surface area contributed by atoms with Crippen LogP contribution in [0.5, 0.6) is 0 Å². The maximum Gasteiger partial charge on any atom is 0.118 e. The van der Waals surface area contributed by atoms with E-state index in [-0.39, 0.29) is 6.04 Å². The van der Waals surface area contributed by atoms with E-state index < -0.39 is 5.60 Å². The Morgan fingerprint density at radius 2 is 1.72 bits per heavy atom. The van der Waals surface area contributed by atoms with Crippen LogP contribution in [0.4, 0.5) is 0 Å². The van der Waals surface area contributed by atoms with E-state index in [1.165, 1.54) is 0 Å². The minimum Gasteiger partial charge on any atom is -0.465 e. The SMILES string of the molecule is CCCc1ccc(CN2CC[C@](O)(c3ccccc3)[C@H](N3CCN(C)CC3)C2)o1. The molecule has 2 fully saturated rings. The second-order valence-corrected chi connectivity index (χ2v) is 8.75. The average molecular weight is 398 g/mol. The summed E-state index contributed by atoms with van der Waals surface area (Å²) in [5.41, 5.74) is 0.247. The van der Waals surface area contributed by atoms with Crippen LogP contribution in [0.25, 0.3) is 0 Å². The van der Waals surface area contributed by atoms with Gasteiger partial charge in [0.25, 0.3) is 0 Å². The molecular weight excluding hydrogens is 362 g/mol. The van der Waals surface area contributed by atoms with Crippen LogP contribution >= 0.6 is 0 Å². The summed E-state index contributed by atoms with van der Waals surface area (Å²) in [6, 6.07) is 14.6. The van der Waals surface area contributed by atoms with Crippen molar-refractivity contribution in [2.45, 2.75) is 44.4 Å². The van der Waals surface area contributed by atoms with Gasteiger partial charge in [-0.05, 0) is 37.6 Å². The van der Waals surface area contributed by atoms with E-state index in [0.717, 1.165) is 82.2 Å². The van der Waals surface area contributed by atoms with Crippen molar-refractivity contribution in [3.05, 3.63) is 59.5 Å². The van der Waals surface area contributed by atoms with Crippen molar-refractivity contribution in [1.82, 2.24) is 14.7 Å². The molecule has 1 aromatic heterocycles. The number of aryl methyl sites for hydroxylation is 1. The molecule has 0 saturated carbocycles. The van der Waals surface area contributed by atoms with Gasteiger partial charge in [0, 0.05) is 45.7 Å². The quantitative estimate of drug-likeness (QED) is 0.812. The number of nitrogens with zero attached hydrogens (tertiary/aromatic N) is 3. The Balaban J connectivity index is 1.52. The predicted molar refractivity (Wildman–Crippen MR) is 116 cm³/mol. The van der Waals surface area contributed by atoms with Gasteiger partial charge in [-0.25, -0.2) is 0 Å². The Kier molecular flexibility index (Phi) is 6.40. The first-order valence-electron chi connectivity index (χ1n) is 11.1. The number of furan rings is 1. The van der Waals surface area contributed by atoms with Gasteiger partial charge in [0.05, 0.1) is 12.6 Å².